The molecule has 0 amide bonds. The van der Waals surface area contributed by atoms with Crippen molar-refractivity contribution in [2.24, 2.45) is 7.05 Å². The molecule has 1 aromatic heterocycles. The molecule has 0 aromatic carbocycles. The third kappa shape index (κ3) is 4.04. The highest BCUT2D eigenvalue weighted by atomic mass is 15.2. The van der Waals surface area contributed by atoms with Gasteiger partial charge in [0.15, 0.2) is 0 Å². The molecule has 0 saturated carbocycles. The molecular formula is C12H23N3. The molecule has 1 aromatic rings. The number of hydrogen-bond acceptors (Lipinski definition) is 2. The predicted octanol–water partition coefficient (Wildman–Crippen LogP) is 2.13. The molecule has 0 spiro atoms. The van der Waals surface area contributed by atoms with E-state index < -0.39 is 0 Å². The maximum Gasteiger partial charge on any atom is 0.0492 e. The summed E-state index contributed by atoms with van der Waals surface area (Å²) in [4.78, 5) is 0. The topological polar surface area (TPSA) is 29.9 Å². The Morgan fingerprint density at radius 1 is 1.47 bits per heavy atom. The van der Waals surface area contributed by atoms with Gasteiger partial charge in [-0.1, -0.05) is 13.8 Å². The van der Waals surface area contributed by atoms with Crippen LogP contribution in [0.15, 0.2) is 12.3 Å². The Morgan fingerprint density at radius 3 is 2.80 bits per heavy atom. The van der Waals surface area contributed by atoms with E-state index in [1.165, 1.54) is 25.0 Å². The Balaban J connectivity index is 2.23. The van der Waals surface area contributed by atoms with E-state index >= 15 is 0 Å². The highest BCUT2D eigenvalue weighted by Gasteiger charge is 2.05. The summed E-state index contributed by atoms with van der Waals surface area (Å²) < 4.78 is 1.97. The van der Waals surface area contributed by atoms with E-state index in [1.807, 2.05) is 17.9 Å². The molecule has 0 fully saturated rings. The van der Waals surface area contributed by atoms with Crippen LogP contribution in [0.4, 0.5) is 0 Å². The molecule has 15 heavy (non-hydrogen) atoms. The molecule has 3 heteroatoms. The van der Waals surface area contributed by atoms with Crippen LogP contribution >= 0.6 is 0 Å². The van der Waals surface area contributed by atoms with Crippen molar-refractivity contribution in [3.63, 3.8) is 0 Å². The lowest BCUT2D eigenvalue weighted by Gasteiger charge is -2.15. The van der Waals surface area contributed by atoms with Gasteiger partial charge in [-0.05, 0) is 38.3 Å². The quantitative estimate of drug-likeness (QED) is 0.745. The Kier molecular flexibility index (Phi) is 5.40. The van der Waals surface area contributed by atoms with E-state index in [1.54, 1.807) is 0 Å². The normalized spacial score (nSPS) is 13.0. The fraction of sp³-hybridized carbons (Fsp3) is 0.750. The molecule has 0 aliphatic carbocycles. The van der Waals surface area contributed by atoms with Crippen molar-refractivity contribution in [1.29, 1.82) is 0 Å². The standard InChI is InChI=1S/C12H23N3/c1-4-11(13-5-2)7-6-8-12-9-10-14-15(12)3/h9-11,13H,4-8H2,1-3H3. The number of nitrogens with one attached hydrogen (secondary N) is 1. The van der Waals surface area contributed by atoms with Crippen LogP contribution in [0.3, 0.4) is 0 Å². The van der Waals surface area contributed by atoms with Crippen molar-refractivity contribution in [3.8, 4) is 0 Å². The van der Waals surface area contributed by atoms with Gasteiger partial charge in [0.25, 0.3) is 0 Å². The van der Waals surface area contributed by atoms with Crippen LogP contribution in [0.2, 0.25) is 0 Å². The van der Waals surface area contributed by atoms with Crippen molar-refractivity contribution in [2.45, 2.75) is 45.6 Å². The largest absolute Gasteiger partial charge is 0.314 e. The van der Waals surface area contributed by atoms with Gasteiger partial charge < -0.3 is 5.32 Å². The third-order valence-electron chi connectivity index (χ3n) is 2.89. The SMILES string of the molecule is CCNC(CC)CCCc1ccnn1C. The van der Waals surface area contributed by atoms with Gasteiger partial charge in [0.1, 0.15) is 0 Å². The first-order valence-corrected chi connectivity index (χ1v) is 5.98. The number of aryl methyl sites for hydroxylation is 2. The van der Waals surface area contributed by atoms with Crippen LogP contribution in [0.1, 0.15) is 38.8 Å². The van der Waals surface area contributed by atoms with E-state index in [4.69, 9.17) is 0 Å². The second kappa shape index (κ2) is 6.62. The summed E-state index contributed by atoms with van der Waals surface area (Å²) in [6.45, 7) is 5.49. The van der Waals surface area contributed by atoms with Crippen LogP contribution in [0, 0.1) is 0 Å². The summed E-state index contributed by atoms with van der Waals surface area (Å²) in [7, 11) is 2.01. The van der Waals surface area contributed by atoms with Crippen molar-refractivity contribution in [1.82, 2.24) is 15.1 Å². The summed E-state index contributed by atoms with van der Waals surface area (Å²) in [6.07, 6.45) is 6.73. The number of nitrogens with zero attached hydrogens (tertiary/aromatic N) is 2. The summed E-state index contributed by atoms with van der Waals surface area (Å²) in [6, 6.07) is 2.79. The molecule has 0 bridgehead atoms. The molecular weight excluding hydrogens is 186 g/mol. The molecule has 3 nitrogen and oxygen atoms in total. The van der Waals surface area contributed by atoms with E-state index in [2.05, 4.69) is 30.3 Å². The van der Waals surface area contributed by atoms with Crippen molar-refractivity contribution in [2.75, 3.05) is 6.54 Å². The lowest BCUT2D eigenvalue weighted by molar-refractivity contribution is 0.464. The summed E-state index contributed by atoms with van der Waals surface area (Å²) >= 11 is 0. The van der Waals surface area contributed by atoms with Crippen molar-refractivity contribution >= 4 is 0 Å². The summed E-state index contributed by atoms with van der Waals surface area (Å²) in [5, 5.41) is 7.68. The molecule has 0 aliphatic heterocycles. The Hall–Kier alpha value is -0.830. The maximum absolute atomic E-state index is 4.17. The summed E-state index contributed by atoms with van der Waals surface area (Å²) in [5.74, 6) is 0. The summed E-state index contributed by atoms with van der Waals surface area (Å²) in [5.41, 5.74) is 1.33. The van der Waals surface area contributed by atoms with Crippen molar-refractivity contribution < 1.29 is 0 Å². The van der Waals surface area contributed by atoms with Gasteiger partial charge in [-0.3, -0.25) is 4.68 Å². The van der Waals surface area contributed by atoms with Crippen LogP contribution in [0.25, 0.3) is 0 Å². The van der Waals surface area contributed by atoms with Gasteiger partial charge in [0.05, 0.1) is 0 Å². The first-order chi connectivity index (χ1) is 7.27. The second-order valence-electron chi connectivity index (χ2n) is 4.00. The lowest BCUT2D eigenvalue weighted by atomic mass is 10.1. The molecule has 1 unspecified atom stereocenters. The zero-order chi connectivity index (χ0) is 11.1. The van der Waals surface area contributed by atoms with Gasteiger partial charge in [-0.15, -0.1) is 0 Å². The molecule has 1 heterocycles. The van der Waals surface area contributed by atoms with Crippen LogP contribution in [0.5, 0.6) is 0 Å². The lowest BCUT2D eigenvalue weighted by Crippen LogP contribution is -2.28. The highest BCUT2D eigenvalue weighted by Crippen LogP contribution is 2.07. The van der Waals surface area contributed by atoms with E-state index in [9.17, 15) is 0 Å². The highest BCUT2D eigenvalue weighted by molar-refractivity contribution is 4.99. The number of rotatable bonds is 7. The maximum atomic E-state index is 4.17. The van der Waals surface area contributed by atoms with Crippen molar-refractivity contribution in [3.05, 3.63) is 18.0 Å². The first kappa shape index (κ1) is 12.2. The number of aromatic nitrogens is 2. The molecule has 86 valence electrons. The smallest absolute Gasteiger partial charge is 0.0492 e. The minimum atomic E-state index is 0.684. The van der Waals surface area contributed by atoms with Crippen LogP contribution in [-0.2, 0) is 13.5 Å². The monoisotopic (exact) mass is 209 g/mol. The molecule has 1 N–H and O–H groups in total. The minimum Gasteiger partial charge on any atom is -0.314 e. The molecule has 1 atom stereocenters. The van der Waals surface area contributed by atoms with Crippen LogP contribution < -0.4 is 5.32 Å². The van der Waals surface area contributed by atoms with E-state index in [0.29, 0.717) is 6.04 Å². The second-order valence-corrected chi connectivity index (χ2v) is 4.00. The molecule has 0 saturated heterocycles. The predicted molar refractivity (Wildman–Crippen MR) is 63.9 cm³/mol. The average molecular weight is 209 g/mol. The minimum absolute atomic E-state index is 0.684. The van der Waals surface area contributed by atoms with Gasteiger partial charge >= 0.3 is 0 Å². The zero-order valence-electron chi connectivity index (χ0n) is 10.2. The van der Waals surface area contributed by atoms with Gasteiger partial charge in [-0.2, -0.15) is 5.10 Å². The van der Waals surface area contributed by atoms with E-state index in [0.717, 1.165) is 13.0 Å². The molecule has 0 aliphatic rings. The van der Waals surface area contributed by atoms with E-state index in [-0.39, 0.29) is 0 Å². The number of hydrogen-bond donors (Lipinski definition) is 1. The Morgan fingerprint density at radius 2 is 2.27 bits per heavy atom. The zero-order valence-corrected chi connectivity index (χ0v) is 10.2. The van der Waals surface area contributed by atoms with Gasteiger partial charge in [0.2, 0.25) is 0 Å². The fourth-order valence-electron chi connectivity index (χ4n) is 1.92. The molecule has 0 radical (unpaired) electrons. The van der Waals surface area contributed by atoms with Crippen LogP contribution in [-0.4, -0.2) is 22.4 Å². The van der Waals surface area contributed by atoms with Gasteiger partial charge in [-0.25, -0.2) is 0 Å². The first-order valence-electron chi connectivity index (χ1n) is 5.98. The third-order valence-corrected chi connectivity index (χ3v) is 2.89. The van der Waals surface area contributed by atoms with Gasteiger partial charge in [0, 0.05) is 25.0 Å². The average Bonchev–Trinajstić information content (AvgIpc) is 2.63. The Bertz CT molecular complexity index is 268. The molecule has 1 rings (SSSR count). The fourth-order valence-corrected chi connectivity index (χ4v) is 1.92. The Labute approximate surface area is 92.9 Å².